The summed E-state index contributed by atoms with van der Waals surface area (Å²) >= 11 is 6.18. The van der Waals surface area contributed by atoms with Gasteiger partial charge in [-0.2, -0.15) is 0 Å². The summed E-state index contributed by atoms with van der Waals surface area (Å²) in [7, 11) is 0. The van der Waals surface area contributed by atoms with Crippen LogP contribution in [0.2, 0.25) is 5.02 Å². The summed E-state index contributed by atoms with van der Waals surface area (Å²) in [6.45, 7) is 16.4. The molecule has 3 rings (SSSR count). The lowest BCUT2D eigenvalue weighted by atomic mass is 9.96. The first-order valence-electron chi connectivity index (χ1n) is 9.36. The fraction of sp³-hybridized carbons (Fsp3) is 0.455. The standard InChI is InChI=1S/C21H27ClN2O2.CHN/c1-15-5-6-16-14-17(22)7-8-18(16)19(13-15)23-9-11-24(12-10-23)20(25)26-21(2,3)4;1-2/h5-8,14,19H,1,9-13H2,2-4H3;1H. The third-order valence-electron chi connectivity index (χ3n) is 4.77. The van der Waals surface area contributed by atoms with Gasteiger partial charge in [0.15, 0.2) is 0 Å². The monoisotopic (exact) mass is 401 g/mol. The molecular weight excluding hydrogens is 374 g/mol. The van der Waals surface area contributed by atoms with Crippen LogP contribution in [0.3, 0.4) is 0 Å². The Labute approximate surface area is 172 Å². The molecule has 1 unspecified atom stereocenters. The highest BCUT2D eigenvalue weighted by molar-refractivity contribution is 6.30. The van der Waals surface area contributed by atoms with E-state index in [0.29, 0.717) is 13.1 Å². The third-order valence-corrected chi connectivity index (χ3v) is 5.00. The Morgan fingerprint density at radius 2 is 1.86 bits per heavy atom. The number of amides is 1. The summed E-state index contributed by atoms with van der Waals surface area (Å²) in [5, 5.41) is 7.24. The van der Waals surface area contributed by atoms with Crippen molar-refractivity contribution in [2.45, 2.75) is 38.8 Å². The van der Waals surface area contributed by atoms with E-state index in [0.717, 1.165) is 35.7 Å². The predicted molar refractivity (Wildman–Crippen MR) is 113 cm³/mol. The minimum Gasteiger partial charge on any atom is -0.444 e. The lowest BCUT2D eigenvalue weighted by molar-refractivity contribution is 0.0102. The number of fused-ring (bicyclic) bond motifs is 1. The molecule has 1 fully saturated rings. The summed E-state index contributed by atoms with van der Waals surface area (Å²) in [4.78, 5) is 16.5. The average Bonchev–Trinajstić information content (AvgIpc) is 2.81. The van der Waals surface area contributed by atoms with Gasteiger partial charge in [-0.25, -0.2) is 10.1 Å². The number of piperazine rings is 1. The highest BCUT2D eigenvalue weighted by atomic mass is 35.5. The number of hydrogen-bond acceptors (Lipinski definition) is 4. The summed E-state index contributed by atoms with van der Waals surface area (Å²) < 4.78 is 5.49. The van der Waals surface area contributed by atoms with Crippen molar-refractivity contribution in [1.29, 1.82) is 5.26 Å². The maximum absolute atomic E-state index is 12.3. The number of allylic oxidation sites excluding steroid dienone is 1. The average molecular weight is 402 g/mol. The van der Waals surface area contributed by atoms with Gasteiger partial charge in [0.2, 0.25) is 0 Å². The fourth-order valence-electron chi connectivity index (χ4n) is 3.50. The van der Waals surface area contributed by atoms with Gasteiger partial charge in [0.25, 0.3) is 0 Å². The van der Waals surface area contributed by atoms with Gasteiger partial charge >= 0.3 is 6.09 Å². The molecule has 0 saturated carbocycles. The number of ether oxygens (including phenoxy) is 1. The van der Waals surface area contributed by atoms with Crippen molar-refractivity contribution in [3.05, 3.63) is 52.6 Å². The van der Waals surface area contributed by atoms with Crippen LogP contribution >= 0.6 is 11.6 Å². The molecule has 5 nitrogen and oxygen atoms in total. The van der Waals surface area contributed by atoms with E-state index in [-0.39, 0.29) is 12.1 Å². The topological polar surface area (TPSA) is 56.6 Å². The molecule has 1 amide bonds. The molecule has 1 aliphatic heterocycles. The first-order chi connectivity index (χ1) is 13.2. The molecule has 1 saturated heterocycles. The van der Waals surface area contributed by atoms with E-state index in [1.54, 1.807) is 4.90 Å². The van der Waals surface area contributed by atoms with Crippen LogP contribution in [-0.2, 0) is 4.74 Å². The molecule has 1 aliphatic carbocycles. The largest absolute Gasteiger partial charge is 0.444 e. The van der Waals surface area contributed by atoms with E-state index in [4.69, 9.17) is 21.6 Å². The molecule has 0 aromatic heterocycles. The van der Waals surface area contributed by atoms with Crippen LogP contribution in [0.5, 0.6) is 0 Å². The quantitative estimate of drug-likeness (QED) is 0.660. The molecule has 150 valence electrons. The van der Waals surface area contributed by atoms with Gasteiger partial charge in [-0.1, -0.05) is 42.0 Å². The van der Waals surface area contributed by atoms with Crippen molar-refractivity contribution in [2.24, 2.45) is 0 Å². The van der Waals surface area contributed by atoms with Gasteiger partial charge < -0.3 is 9.64 Å². The molecule has 1 heterocycles. The van der Waals surface area contributed by atoms with Crippen LogP contribution in [0, 0.1) is 11.8 Å². The maximum atomic E-state index is 12.3. The molecule has 0 bridgehead atoms. The van der Waals surface area contributed by atoms with Crippen molar-refractivity contribution in [3.63, 3.8) is 0 Å². The SMILES string of the molecule is C#N.C=C1C=Cc2cc(Cl)ccc2C(N2CCN(C(=O)OC(C)(C)C)CC2)C1. The predicted octanol–water partition coefficient (Wildman–Crippen LogP) is 5.05. The minimum absolute atomic E-state index is 0.226. The number of halogens is 1. The molecule has 1 aromatic carbocycles. The number of carbonyl (C=O) groups is 1. The number of rotatable bonds is 1. The molecule has 6 heteroatoms. The first kappa shape index (κ1) is 22.0. The first-order valence-corrected chi connectivity index (χ1v) is 9.74. The zero-order chi connectivity index (χ0) is 20.9. The highest BCUT2D eigenvalue weighted by Crippen LogP contribution is 2.35. The summed E-state index contributed by atoms with van der Waals surface area (Å²) in [6.07, 6.45) is 4.83. The van der Waals surface area contributed by atoms with Gasteiger partial charge in [-0.3, -0.25) is 4.90 Å². The third kappa shape index (κ3) is 5.60. The number of carbonyl (C=O) groups excluding carboxylic acids is 1. The second kappa shape index (κ2) is 9.27. The Morgan fingerprint density at radius 3 is 2.46 bits per heavy atom. The van der Waals surface area contributed by atoms with Crippen LogP contribution in [0.15, 0.2) is 36.4 Å². The van der Waals surface area contributed by atoms with Crippen LogP contribution in [0.25, 0.3) is 6.08 Å². The van der Waals surface area contributed by atoms with Crippen LogP contribution in [0.4, 0.5) is 4.79 Å². The van der Waals surface area contributed by atoms with Crippen LogP contribution in [0.1, 0.15) is 44.4 Å². The van der Waals surface area contributed by atoms with E-state index in [1.165, 1.54) is 5.56 Å². The number of nitrogens with zero attached hydrogens (tertiary/aromatic N) is 3. The molecule has 0 radical (unpaired) electrons. The second-order valence-corrected chi connectivity index (χ2v) is 8.42. The van der Waals surface area contributed by atoms with Crippen LogP contribution in [-0.4, -0.2) is 47.7 Å². The van der Waals surface area contributed by atoms with Crippen molar-refractivity contribution in [2.75, 3.05) is 26.2 Å². The van der Waals surface area contributed by atoms with E-state index >= 15 is 0 Å². The van der Waals surface area contributed by atoms with Gasteiger partial charge in [0.1, 0.15) is 5.60 Å². The minimum atomic E-state index is -0.461. The van der Waals surface area contributed by atoms with Gasteiger partial charge in [-0.05, 0) is 50.5 Å². The Kier molecular flexibility index (Phi) is 7.29. The number of hydrogen-bond donors (Lipinski definition) is 0. The van der Waals surface area contributed by atoms with Crippen molar-refractivity contribution < 1.29 is 9.53 Å². The van der Waals surface area contributed by atoms with Crippen molar-refractivity contribution >= 4 is 23.8 Å². The molecular formula is C22H28ClN3O2. The lowest BCUT2D eigenvalue weighted by Gasteiger charge is -2.40. The Balaban J connectivity index is 0.00000136. The fourth-order valence-corrected chi connectivity index (χ4v) is 3.68. The molecule has 0 spiro atoms. The Hall–Kier alpha value is -2.29. The smallest absolute Gasteiger partial charge is 0.410 e. The maximum Gasteiger partial charge on any atom is 0.410 e. The van der Waals surface area contributed by atoms with Gasteiger partial charge in [-0.15, -0.1) is 0 Å². The van der Waals surface area contributed by atoms with Crippen LogP contribution < -0.4 is 0 Å². The zero-order valence-corrected chi connectivity index (χ0v) is 17.6. The molecule has 1 atom stereocenters. The van der Waals surface area contributed by atoms with Crippen molar-refractivity contribution in [1.82, 2.24) is 9.80 Å². The van der Waals surface area contributed by atoms with Gasteiger partial charge in [0, 0.05) is 43.8 Å². The van der Waals surface area contributed by atoms with E-state index in [9.17, 15) is 4.79 Å². The Morgan fingerprint density at radius 1 is 1.21 bits per heavy atom. The zero-order valence-electron chi connectivity index (χ0n) is 16.8. The van der Waals surface area contributed by atoms with E-state index < -0.39 is 5.60 Å². The Bertz CT molecular complexity index is 772. The highest BCUT2D eigenvalue weighted by Gasteiger charge is 2.30. The normalized spacial score (nSPS) is 19.9. The van der Waals surface area contributed by atoms with Crippen molar-refractivity contribution in [3.8, 4) is 6.57 Å². The molecule has 0 N–H and O–H groups in total. The van der Waals surface area contributed by atoms with E-state index in [2.05, 4.69) is 36.3 Å². The molecule has 1 aromatic rings. The van der Waals surface area contributed by atoms with E-state index in [1.807, 2.05) is 32.9 Å². The van der Waals surface area contributed by atoms with Gasteiger partial charge in [0.05, 0.1) is 0 Å². The molecule has 28 heavy (non-hydrogen) atoms. The summed E-state index contributed by atoms with van der Waals surface area (Å²) in [5.41, 5.74) is 3.07. The number of benzene rings is 1. The second-order valence-electron chi connectivity index (χ2n) is 7.99. The molecule has 2 aliphatic rings. The number of nitriles is 1. The lowest BCUT2D eigenvalue weighted by Crippen LogP contribution is -2.50. The summed E-state index contributed by atoms with van der Waals surface area (Å²) in [6, 6.07) is 6.33. The summed E-state index contributed by atoms with van der Waals surface area (Å²) in [5.74, 6) is 0.